The van der Waals surface area contributed by atoms with Gasteiger partial charge in [0.25, 0.3) is 0 Å². The van der Waals surface area contributed by atoms with Crippen LogP contribution in [0.25, 0.3) is 0 Å². The Morgan fingerprint density at radius 3 is 2.40 bits per heavy atom. The Morgan fingerprint density at radius 2 is 1.83 bits per heavy atom. The fraction of sp³-hybridized carbons (Fsp3) is 0.500. The molecule has 1 saturated heterocycles. The summed E-state index contributed by atoms with van der Waals surface area (Å²) >= 11 is 0. The maximum absolute atomic E-state index is 12.9. The van der Waals surface area contributed by atoms with Crippen LogP contribution in [0.4, 0.5) is 0 Å². The highest BCUT2D eigenvalue weighted by molar-refractivity contribution is 5.94. The van der Waals surface area contributed by atoms with Crippen LogP contribution in [0.15, 0.2) is 30.3 Å². The van der Waals surface area contributed by atoms with Gasteiger partial charge < -0.3 is 31.5 Å². The predicted molar refractivity (Wildman–Crippen MR) is 107 cm³/mol. The first kappa shape index (κ1) is 23.3. The van der Waals surface area contributed by atoms with Gasteiger partial charge in [0.2, 0.25) is 17.7 Å². The van der Waals surface area contributed by atoms with Crippen LogP contribution in [0.2, 0.25) is 0 Å². The number of carbonyl (C=O) groups is 4. The van der Waals surface area contributed by atoms with Gasteiger partial charge in [-0.1, -0.05) is 30.3 Å². The molecule has 0 aliphatic carbocycles. The van der Waals surface area contributed by atoms with Gasteiger partial charge in [-0.05, 0) is 25.3 Å². The molecule has 4 atom stereocenters. The summed E-state index contributed by atoms with van der Waals surface area (Å²) in [4.78, 5) is 50.4. The van der Waals surface area contributed by atoms with Crippen LogP contribution in [-0.4, -0.2) is 76.1 Å². The Kier molecular flexibility index (Phi) is 8.31. The van der Waals surface area contributed by atoms with Crippen molar-refractivity contribution in [2.45, 2.75) is 50.4 Å². The third-order valence-electron chi connectivity index (χ3n) is 4.94. The molecule has 10 heteroatoms. The van der Waals surface area contributed by atoms with E-state index in [-0.39, 0.29) is 12.3 Å². The lowest BCUT2D eigenvalue weighted by molar-refractivity contribution is -0.144. The number of benzene rings is 1. The van der Waals surface area contributed by atoms with Crippen molar-refractivity contribution in [3.8, 4) is 0 Å². The number of aliphatic carboxylic acids is 1. The highest BCUT2D eigenvalue weighted by atomic mass is 16.4. The molecule has 4 unspecified atom stereocenters. The fourth-order valence-electron chi connectivity index (χ4n) is 3.35. The van der Waals surface area contributed by atoms with Gasteiger partial charge in [-0.2, -0.15) is 0 Å². The van der Waals surface area contributed by atoms with Crippen molar-refractivity contribution in [2.75, 3.05) is 13.2 Å². The molecule has 3 amide bonds. The van der Waals surface area contributed by atoms with Crippen molar-refractivity contribution in [1.29, 1.82) is 0 Å². The molecule has 0 radical (unpaired) electrons. The topological polar surface area (TPSA) is 162 Å². The number of nitrogens with two attached hydrogens (primary N) is 1. The number of carboxylic acid groups (broad SMARTS) is 1. The highest BCUT2D eigenvalue weighted by Gasteiger charge is 2.37. The molecule has 1 aromatic rings. The maximum Gasteiger partial charge on any atom is 0.328 e. The van der Waals surface area contributed by atoms with Crippen LogP contribution in [0.3, 0.4) is 0 Å². The first-order chi connectivity index (χ1) is 14.2. The molecule has 30 heavy (non-hydrogen) atoms. The average Bonchev–Trinajstić information content (AvgIpc) is 3.21. The largest absolute Gasteiger partial charge is 0.480 e. The highest BCUT2D eigenvalue weighted by Crippen LogP contribution is 2.18. The number of aliphatic hydroxyl groups is 1. The van der Waals surface area contributed by atoms with E-state index in [4.69, 9.17) is 10.8 Å². The summed E-state index contributed by atoms with van der Waals surface area (Å²) in [5.74, 6) is -2.98. The number of hydrogen-bond acceptors (Lipinski definition) is 6. The Labute approximate surface area is 174 Å². The molecular weight excluding hydrogens is 392 g/mol. The van der Waals surface area contributed by atoms with Gasteiger partial charge in [0.1, 0.15) is 18.1 Å². The summed E-state index contributed by atoms with van der Waals surface area (Å²) in [6.07, 6.45) is 1.19. The van der Waals surface area contributed by atoms with Crippen molar-refractivity contribution >= 4 is 23.7 Å². The van der Waals surface area contributed by atoms with Crippen LogP contribution in [-0.2, 0) is 25.6 Å². The smallest absolute Gasteiger partial charge is 0.328 e. The second kappa shape index (κ2) is 10.7. The minimum absolute atomic E-state index is 0.115. The number of carboxylic acids is 1. The first-order valence-corrected chi connectivity index (χ1v) is 9.79. The van der Waals surface area contributed by atoms with Crippen molar-refractivity contribution < 1.29 is 29.4 Å². The third kappa shape index (κ3) is 6.01. The van der Waals surface area contributed by atoms with E-state index in [1.165, 1.54) is 4.90 Å². The minimum Gasteiger partial charge on any atom is -0.480 e. The van der Waals surface area contributed by atoms with Gasteiger partial charge >= 0.3 is 5.97 Å². The molecule has 6 N–H and O–H groups in total. The maximum atomic E-state index is 12.9. The molecule has 0 saturated carbocycles. The van der Waals surface area contributed by atoms with E-state index in [1.54, 1.807) is 37.3 Å². The van der Waals surface area contributed by atoms with Gasteiger partial charge in [-0.25, -0.2) is 4.79 Å². The zero-order valence-electron chi connectivity index (χ0n) is 16.8. The van der Waals surface area contributed by atoms with Crippen LogP contribution in [0, 0.1) is 0 Å². The van der Waals surface area contributed by atoms with Gasteiger partial charge in [-0.3, -0.25) is 14.4 Å². The molecule has 1 aromatic carbocycles. The number of carbonyl (C=O) groups excluding carboxylic acids is 3. The van der Waals surface area contributed by atoms with Crippen molar-refractivity contribution in [3.63, 3.8) is 0 Å². The molecule has 2 rings (SSSR count). The molecule has 0 bridgehead atoms. The van der Waals surface area contributed by atoms with Gasteiger partial charge in [-0.15, -0.1) is 0 Å². The average molecular weight is 420 g/mol. The molecule has 0 spiro atoms. The zero-order chi connectivity index (χ0) is 22.3. The molecule has 1 fully saturated rings. The van der Waals surface area contributed by atoms with Crippen LogP contribution in [0.5, 0.6) is 0 Å². The van der Waals surface area contributed by atoms with Gasteiger partial charge in [0, 0.05) is 13.0 Å². The second-order valence-corrected chi connectivity index (χ2v) is 7.31. The van der Waals surface area contributed by atoms with Crippen molar-refractivity contribution in [1.82, 2.24) is 15.5 Å². The van der Waals surface area contributed by atoms with Gasteiger partial charge in [0.15, 0.2) is 0 Å². The Bertz CT molecular complexity index is 770. The van der Waals surface area contributed by atoms with E-state index in [0.717, 1.165) is 5.56 Å². The Morgan fingerprint density at radius 1 is 1.17 bits per heavy atom. The van der Waals surface area contributed by atoms with Crippen molar-refractivity contribution in [3.05, 3.63) is 35.9 Å². The molecule has 164 valence electrons. The lowest BCUT2D eigenvalue weighted by atomic mass is 10.0. The first-order valence-electron chi connectivity index (χ1n) is 9.79. The van der Waals surface area contributed by atoms with E-state index >= 15 is 0 Å². The molecular formula is C20H28N4O6. The number of rotatable bonds is 9. The van der Waals surface area contributed by atoms with E-state index in [9.17, 15) is 24.3 Å². The number of likely N-dealkylation sites (tertiary alicyclic amines) is 1. The number of nitrogens with one attached hydrogen (secondary N) is 2. The minimum atomic E-state index is -1.49. The summed E-state index contributed by atoms with van der Waals surface area (Å²) in [6.45, 7) is 1.16. The Hall–Kier alpha value is -2.98. The van der Waals surface area contributed by atoms with E-state index in [1.807, 2.05) is 0 Å². The monoisotopic (exact) mass is 420 g/mol. The quantitative estimate of drug-likeness (QED) is 0.329. The summed E-state index contributed by atoms with van der Waals surface area (Å²) in [5, 5.41) is 23.1. The van der Waals surface area contributed by atoms with E-state index in [0.29, 0.717) is 19.4 Å². The number of amides is 3. The SMILES string of the molecule is CC(N)C(=O)N1CCCC1C(=O)NC(Cc1ccccc1)C(=O)NC(CO)C(=O)O. The number of nitrogens with zero attached hydrogens (tertiary/aromatic N) is 1. The molecule has 10 nitrogen and oxygen atoms in total. The molecule has 1 aliphatic rings. The molecule has 1 heterocycles. The lowest BCUT2D eigenvalue weighted by Gasteiger charge is -2.28. The fourth-order valence-corrected chi connectivity index (χ4v) is 3.35. The third-order valence-corrected chi connectivity index (χ3v) is 4.94. The molecule has 0 aromatic heterocycles. The zero-order valence-corrected chi connectivity index (χ0v) is 16.8. The van der Waals surface area contributed by atoms with Gasteiger partial charge in [0.05, 0.1) is 12.6 Å². The summed E-state index contributed by atoms with van der Waals surface area (Å²) in [6, 6.07) is 4.84. The lowest BCUT2D eigenvalue weighted by Crippen LogP contribution is -2.57. The molecule has 1 aliphatic heterocycles. The summed E-state index contributed by atoms with van der Waals surface area (Å²) in [5.41, 5.74) is 6.42. The van der Waals surface area contributed by atoms with Crippen molar-refractivity contribution in [2.24, 2.45) is 5.73 Å². The summed E-state index contributed by atoms with van der Waals surface area (Å²) in [7, 11) is 0. The van der Waals surface area contributed by atoms with Crippen LogP contribution in [0.1, 0.15) is 25.3 Å². The van der Waals surface area contributed by atoms with Crippen LogP contribution >= 0.6 is 0 Å². The Balaban J connectivity index is 2.17. The standard InChI is InChI=1S/C20H28N4O6/c1-12(21)19(28)24-9-5-8-16(24)18(27)22-14(10-13-6-3-2-4-7-13)17(26)23-15(11-25)20(29)30/h2-4,6-7,12,14-16,25H,5,8-11,21H2,1H3,(H,22,27)(H,23,26)(H,29,30). The van der Waals surface area contributed by atoms with Crippen LogP contribution < -0.4 is 16.4 Å². The normalized spacial score (nSPS) is 18.9. The number of aliphatic hydroxyl groups excluding tert-OH is 1. The second-order valence-electron chi connectivity index (χ2n) is 7.31. The predicted octanol–water partition coefficient (Wildman–Crippen LogP) is -1.39. The van der Waals surface area contributed by atoms with E-state index in [2.05, 4.69) is 10.6 Å². The number of hydrogen-bond donors (Lipinski definition) is 5. The van der Waals surface area contributed by atoms with E-state index < -0.39 is 48.6 Å². The summed E-state index contributed by atoms with van der Waals surface area (Å²) < 4.78 is 0.